The van der Waals surface area contributed by atoms with Crippen molar-refractivity contribution in [1.29, 1.82) is 0 Å². The smallest absolute Gasteiger partial charge is 0.137 e. The third-order valence-corrected chi connectivity index (χ3v) is 4.48. The molecule has 0 bridgehead atoms. The molecule has 0 aliphatic heterocycles. The summed E-state index contributed by atoms with van der Waals surface area (Å²) in [5.74, 6) is -1.47. The van der Waals surface area contributed by atoms with Gasteiger partial charge in [-0.25, -0.2) is 18.4 Å². The largest absolute Gasteiger partial charge is 0.382 e. The van der Waals surface area contributed by atoms with Gasteiger partial charge in [-0.2, -0.15) is 5.10 Å². The zero-order valence-electron chi connectivity index (χ0n) is 15.1. The molecular formula is C20H22F2N4O. The summed E-state index contributed by atoms with van der Waals surface area (Å²) in [6, 6.07) is 13.2. The fourth-order valence-electron chi connectivity index (χ4n) is 3.16. The van der Waals surface area contributed by atoms with Gasteiger partial charge in [-0.1, -0.05) is 36.4 Å². The second-order valence-electron chi connectivity index (χ2n) is 6.72. The first kappa shape index (κ1) is 19.1. The normalized spacial score (nSPS) is 13.7. The molecule has 2 aromatic carbocycles. The summed E-state index contributed by atoms with van der Waals surface area (Å²) in [7, 11) is 1.86. The number of likely N-dealkylation sites (N-methyl/N-ethyl adjacent to an activating group) is 1. The van der Waals surface area contributed by atoms with Crippen LogP contribution in [0.1, 0.15) is 11.1 Å². The molecule has 0 fully saturated rings. The van der Waals surface area contributed by atoms with E-state index in [4.69, 9.17) is 0 Å². The van der Waals surface area contributed by atoms with Gasteiger partial charge >= 0.3 is 0 Å². The summed E-state index contributed by atoms with van der Waals surface area (Å²) in [5, 5.41) is 15.3. The maximum Gasteiger partial charge on any atom is 0.137 e. The Morgan fingerprint density at radius 2 is 1.93 bits per heavy atom. The van der Waals surface area contributed by atoms with Crippen molar-refractivity contribution in [1.82, 2.24) is 19.7 Å². The van der Waals surface area contributed by atoms with Crippen LogP contribution in [-0.2, 0) is 18.6 Å². The molecule has 0 radical (unpaired) electrons. The van der Waals surface area contributed by atoms with Crippen molar-refractivity contribution in [2.45, 2.75) is 18.6 Å². The van der Waals surface area contributed by atoms with E-state index in [1.165, 1.54) is 29.0 Å². The maximum absolute atomic E-state index is 14.4. The summed E-state index contributed by atoms with van der Waals surface area (Å²) in [6.07, 6.45) is 3.60. The Morgan fingerprint density at radius 1 is 1.15 bits per heavy atom. The lowest BCUT2D eigenvalue weighted by atomic mass is 9.92. The van der Waals surface area contributed by atoms with E-state index in [1.807, 2.05) is 42.3 Å². The van der Waals surface area contributed by atoms with Crippen molar-refractivity contribution in [2.75, 3.05) is 20.1 Å². The molecule has 0 aliphatic rings. The topological polar surface area (TPSA) is 54.2 Å². The van der Waals surface area contributed by atoms with Crippen LogP contribution in [0.25, 0.3) is 0 Å². The Balaban J connectivity index is 1.78. The summed E-state index contributed by atoms with van der Waals surface area (Å²) < 4.78 is 29.2. The molecule has 1 unspecified atom stereocenters. The molecular weight excluding hydrogens is 350 g/mol. The molecule has 1 heterocycles. The molecule has 1 N–H and O–H groups in total. The van der Waals surface area contributed by atoms with Gasteiger partial charge in [-0.3, -0.25) is 0 Å². The highest BCUT2D eigenvalue weighted by molar-refractivity contribution is 5.25. The standard InChI is InChI=1S/C20H22F2N4O/c1-25(10-9-16-5-3-2-4-6-16)12-20(27,13-26-15-23-14-24-26)18-8-7-17(21)11-19(18)22/h2-8,11,14-15,27H,9-10,12-13H2,1H3. The number of nitrogens with zero attached hydrogens (tertiary/aromatic N) is 4. The van der Waals surface area contributed by atoms with E-state index in [0.717, 1.165) is 18.6 Å². The van der Waals surface area contributed by atoms with Gasteiger partial charge in [0.15, 0.2) is 0 Å². The monoisotopic (exact) mass is 372 g/mol. The molecule has 7 heteroatoms. The lowest BCUT2D eigenvalue weighted by Crippen LogP contribution is -2.44. The van der Waals surface area contributed by atoms with E-state index < -0.39 is 17.2 Å². The molecule has 0 amide bonds. The van der Waals surface area contributed by atoms with Gasteiger partial charge in [0.2, 0.25) is 0 Å². The number of aliphatic hydroxyl groups is 1. The van der Waals surface area contributed by atoms with Crippen molar-refractivity contribution < 1.29 is 13.9 Å². The number of hydrogen-bond acceptors (Lipinski definition) is 4. The van der Waals surface area contributed by atoms with E-state index in [9.17, 15) is 13.9 Å². The fraction of sp³-hybridized carbons (Fsp3) is 0.300. The minimum atomic E-state index is -1.59. The first-order valence-corrected chi connectivity index (χ1v) is 8.69. The van der Waals surface area contributed by atoms with Gasteiger partial charge in [-0.15, -0.1) is 0 Å². The van der Waals surface area contributed by atoms with Crippen LogP contribution in [0.2, 0.25) is 0 Å². The average molecular weight is 372 g/mol. The third-order valence-electron chi connectivity index (χ3n) is 4.48. The first-order valence-electron chi connectivity index (χ1n) is 8.69. The van der Waals surface area contributed by atoms with Crippen LogP contribution in [0, 0.1) is 11.6 Å². The number of halogens is 2. The molecule has 1 atom stereocenters. The Bertz CT molecular complexity index is 858. The zero-order chi connectivity index (χ0) is 19.3. The molecule has 1 aromatic heterocycles. The van der Waals surface area contributed by atoms with Gasteiger partial charge in [0, 0.05) is 24.7 Å². The fourth-order valence-corrected chi connectivity index (χ4v) is 3.16. The minimum absolute atomic E-state index is 0.00519. The highest BCUT2D eigenvalue weighted by atomic mass is 19.1. The molecule has 0 saturated heterocycles. The predicted molar refractivity (Wildman–Crippen MR) is 97.9 cm³/mol. The maximum atomic E-state index is 14.4. The van der Waals surface area contributed by atoms with Crippen LogP contribution in [-0.4, -0.2) is 44.9 Å². The lowest BCUT2D eigenvalue weighted by molar-refractivity contribution is -0.0156. The SMILES string of the molecule is CN(CCc1ccccc1)CC(O)(Cn1cncn1)c1ccc(F)cc1F. The van der Waals surface area contributed by atoms with Gasteiger partial charge in [0.05, 0.1) is 6.54 Å². The van der Waals surface area contributed by atoms with E-state index in [-0.39, 0.29) is 18.7 Å². The van der Waals surface area contributed by atoms with Crippen LogP contribution < -0.4 is 0 Å². The molecule has 0 aliphatic carbocycles. The van der Waals surface area contributed by atoms with Gasteiger partial charge in [0.25, 0.3) is 0 Å². The molecule has 3 rings (SSSR count). The van der Waals surface area contributed by atoms with Crippen molar-refractivity contribution in [3.8, 4) is 0 Å². The van der Waals surface area contributed by atoms with Gasteiger partial charge < -0.3 is 10.0 Å². The minimum Gasteiger partial charge on any atom is -0.382 e. The van der Waals surface area contributed by atoms with Crippen LogP contribution in [0.15, 0.2) is 61.2 Å². The number of aromatic nitrogens is 3. The highest BCUT2D eigenvalue weighted by Gasteiger charge is 2.34. The second kappa shape index (κ2) is 8.37. The molecule has 142 valence electrons. The van der Waals surface area contributed by atoms with Crippen LogP contribution in [0.5, 0.6) is 0 Å². The number of hydrogen-bond donors (Lipinski definition) is 1. The quantitative estimate of drug-likeness (QED) is 0.661. The van der Waals surface area contributed by atoms with Crippen molar-refractivity contribution >= 4 is 0 Å². The zero-order valence-corrected chi connectivity index (χ0v) is 15.1. The summed E-state index contributed by atoms with van der Waals surface area (Å²) >= 11 is 0. The van der Waals surface area contributed by atoms with E-state index in [0.29, 0.717) is 6.54 Å². The summed E-state index contributed by atoms with van der Waals surface area (Å²) in [6.45, 7) is 0.833. The van der Waals surface area contributed by atoms with Crippen molar-refractivity contribution in [3.63, 3.8) is 0 Å². The van der Waals surface area contributed by atoms with Crippen LogP contribution in [0.3, 0.4) is 0 Å². The average Bonchev–Trinajstić information content (AvgIpc) is 3.13. The highest BCUT2D eigenvalue weighted by Crippen LogP contribution is 2.27. The third kappa shape index (κ3) is 4.96. The summed E-state index contributed by atoms with van der Waals surface area (Å²) in [5.41, 5.74) is -0.375. The Labute approximate surface area is 156 Å². The van der Waals surface area contributed by atoms with Crippen molar-refractivity contribution in [2.24, 2.45) is 0 Å². The molecule has 27 heavy (non-hydrogen) atoms. The van der Waals surface area contributed by atoms with E-state index >= 15 is 0 Å². The van der Waals surface area contributed by atoms with E-state index in [2.05, 4.69) is 10.1 Å². The van der Waals surface area contributed by atoms with Crippen LogP contribution in [0.4, 0.5) is 8.78 Å². The number of benzene rings is 2. The Morgan fingerprint density at radius 3 is 2.59 bits per heavy atom. The molecule has 3 aromatic rings. The van der Waals surface area contributed by atoms with Gasteiger partial charge in [0.1, 0.15) is 29.9 Å². The van der Waals surface area contributed by atoms with E-state index in [1.54, 1.807) is 0 Å². The summed E-state index contributed by atoms with van der Waals surface area (Å²) in [4.78, 5) is 5.79. The lowest BCUT2D eigenvalue weighted by Gasteiger charge is -2.33. The first-order chi connectivity index (χ1) is 13.0. The molecule has 5 nitrogen and oxygen atoms in total. The predicted octanol–water partition coefficient (Wildman–Crippen LogP) is 2.62. The Hall–Kier alpha value is -2.64. The van der Waals surface area contributed by atoms with Gasteiger partial charge in [-0.05, 0) is 25.1 Å². The van der Waals surface area contributed by atoms with Crippen molar-refractivity contribution in [3.05, 3.63) is 83.9 Å². The number of rotatable bonds is 8. The molecule has 0 spiro atoms. The second-order valence-corrected chi connectivity index (χ2v) is 6.72. The molecule has 0 saturated carbocycles. The van der Waals surface area contributed by atoms with Crippen LogP contribution >= 0.6 is 0 Å². The Kier molecular flexibility index (Phi) is 5.93.